The lowest BCUT2D eigenvalue weighted by Gasteiger charge is -2.33. The number of hydrogen-bond donors (Lipinski definition) is 2. The lowest BCUT2D eigenvalue weighted by atomic mass is 9.87. The predicted molar refractivity (Wildman–Crippen MR) is 77.5 cm³/mol. The third-order valence-electron chi connectivity index (χ3n) is 4.17. The average Bonchev–Trinajstić information content (AvgIpc) is 2.88. The molecule has 0 bridgehead atoms. The van der Waals surface area contributed by atoms with Gasteiger partial charge in [0.15, 0.2) is 0 Å². The fourth-order valence-corrected chi connectivity index (χ4v) is 2.84. The van der Waals surface area contributed by atoms with Gasteiger partial charge in [-0.25, -0.2) is 0 Å². The van der Waals surface area contributed by atoms with E-state index in [9.17, 15) is 4.79 Å². The Morgan fingerprint density at radius 2 is 1.79 bits per heavy atom. The summed E-state index contributed by atoms with van der Waals surface area (Å²) in [4.78, 5) is 12.3. The van der Waals surface area contributed by atoms with Crippen molar-refractivity contribution in [3.05, 3.63) is 35.9 Å². The standard InChI is InChI=1S/C16H24N2O/c1-12(2)14(17)15(19)18-16(10-6-7-11-16)13-8-4-3-5-9-13/h3-5,8-9,12,14H,6-7,10-11,17H2,1-2H3,(H,18,19). The van der Waals surface area contributed by atoms with Crippen molar-refractivity contribution in [2.45, 2.75) is 51.1 Å². The maximum Gasteiger partial charge on any atom is 0.237 e. The van der Waals surface area contributed by atoms with Crippen LogP contribution in [0.15, 0.2) is 30.3 Å². The van der Waals surface area contributed by atoms with Crippen molar-refractivity contribution in [2.75, 3.05) is 0 Å². The largest absolute Gasteiger partial charge is 0.345 e. The van der Waals surface area contributed by atoms with Gasteiger partial charge in [0.05, 0.1) is 11.6 Å². The summed E-state index contributed by atoms with van der Waals surface area (Å²) in [6.07, 6.45) is 4.33. The van der Waals surface area contributed by atoms with E-state index in [2.05, 4.69) is 17.4 Å². The van der Waals surface area contributed by atoms with E-state index in [0.717, 1.165) is 25.7 Å². The molecule has 3 heteroatoms. The van der Waals surface area contributed by atoms with Gasteiger partial charge in [-0.2, -0.15) is 0 Å². The summed E-state index contributed by atoms with van der Waals surface area (Å²) < 4.78 is 0. The van der Waals surface area contributed by atoms with Gasteiger partial charge in [0.25, 0.3) is 0 Å². The van der Waals surface area contributed by atoms with Crippen molar-refractivity contribution in [2.24, 2.45) is 11.7 Å². The summed E-state index contributed by atoms with van der Waals surface area (Å²) in [7, 11) is 0. The van der Waals surface area contributed by atoms with Gasteiger partial charge in [-0.3, -0.25) is 4.79 Å². The van der Waals surface area contributed by atoms with E-state index in [1.165, 1.54) is 5.56 Å². The van der Waals surface area contributed by atoms with Crippen LogP contribution in [-0.2, 0) is 10.3 Å². The number of carbonyl (C=O) groups excluding carboxylic acids is 1. The summed E-state index contributed by atoms with van der Waals surface area (Å²) in [5, 5.41) is 3.23. The van der Waals surface area contributed by atoms with Crippen molar-refractivity contribution >= 4 is 5.91 Å². The molecule has 1 fully saturated rings. The van der Waals surface area contributed by atoms with Gasteiger partial charge in [-0.15, -0.1) is 0 Å². The van der Waals surface area contributed by atoms with E-state index >= 15 is 0 Å². The predicted octanol–water partition coefficient (Wildman–Crippen LogP) is 2.56. The van der Waals surface area contributed by atoms with Crippen LogP contribution in [0.25, 0.3) is 0 Å². The van der Waals surface area contributed by atoms with E-state index in [-0.39, 0.29) is 17.4 Å². The van der Waals surface area contributed by atoms with Crippen LogP contribution in [0.1, 0.15) is 45.1 Å². The second-order valence-electron chi connectivity index (χ2n) is 5.91. The van der Waals surface area contributed by atoms with Crippen LogP contribution in [0.4, 0.5) is 0 Å². The molecule has 1 amide bonds. The molecule has 1 atom stereocenters. The summed E-state index contributed by atoms with van der Waals surface area (Å²) in [5.41, 5.74) is 6.96. The minimum atomic E-state index is -0.429. The van der Waals surface area contributed by atoms with E-state index < -0.39 is 6.04 Å². The number of nitrogens with one attached hydrogen (secondary N) is 1. The third kappa shape index (κ3) is 2.98. The molecule has 0 heterocycles. The van der Waals surface area contributed by atoms with Crippen LogP contribution in [0.2, 0.25) is 0 Å². The Morgan fingerprint density at radius 3 is 2.32 bits per heavy atom. The van der Waals surface area contributed by atoms with Gasteiger partial charge < -0.3 is 11.1 Å². The molecule has 3 nitrogen and oxygen atoms in total. The SMILES string of the molecule is CC(C)C(N)C(=O)NC1(c2ccccc2)CCCC1. The van der Waals surface area contributed by atoms with Crippen LogP contribution < -0.4 is 11.1 Å². The molecule has 1 aromatic carbocycles. The van der Waals surface area contributed by atoms with Gasteiger partial charge in [-0.05, 0) is 24.3 Å². The number of hydrogen-bond acceptors (Lipinski definition) is 2. The van der Waals surface area contributed by atoms with E-state index in [0.29, 0.717) is 0 Å². The number of nitrogens with two attached hydrogens (primary N) is 1. The number of rotatable bonds is 4. The first-order chi connectivity index (χ1) is 9.05. The highest BCUT2D eigenvalue weighted by atomic mass is 16.2. The first kappa shape index (κ1) is 14.1. The summed E-state index contributed by atoms with van der Waals surface area (Å²) in [6, 6.07) is 9.85. The minimum absolute atomic E-state index is 0.0271. The molecule has 1 saturated carbocycles. The number of amides is 1. The molecule has 1 unspecified atom stereocenters. The molecule has 1 aromatic rings. The smallest absolute Gasteiger partial charge is 0.237 e. The second kappa shape index (κ2) is 5.74. The van der Waals surface area contributed by atoms with Crippen molar-refractivity contribution in [3.8, 4) is 0 Å². The van der Waals surface area contributed by atoms with E-state index in [1.807, 2.05) is 32.0 Å². The van der Waals surface area contributed by atoms with Gasteiger partial charge >= 0.3 is 0 Å². The van der Waals surface area contributed by atoms with E-state index in [1.54, 1.807) is 0 Å². The first-order valence-electron chi connectivity index (χ1n) is 7.18. The normalized spacial score (nSPS) is 19.4. The van der Waals surface area contributed by atoms with Crippen LogP contribution in [0.5, 0.6) is 0 Å². The molecule has 104 valence electrons. The third-order valence-corrected chi connectivity index (χ3v) is 4.17. The van der Waals surface area contributed by atoms with Gasteiger partial charge in [0.1, 0.15) is 0 Å². The summed E-state index contributed by atoms with van der Waals surface area (Å²) in [5.74, 6) is 0.134. The highest BCUT2D eigenvalue weighted by Crippen LogP contribution is 2.38. The molecule has 0 saturated heterocycles. The highest BCUT2D eigenvalue weighted by Gasteiger charge is 2.38. The summed E-state index contributed by atoms with van der Waals surface area (Å²) >= 11 is 0. The Labute approximate surface area is 115 Å². The number of carbonyl (C=O) groups is 1. The molecule has 0 aromatic heterocycles. The summed E-state index contributed by atoms with van der Waals surface area (Å²) in [6.45, 7) is 3.96. The Hall–Kier alpha value is -1.35. The van der Waals surface area contributed by atoms with Crippen LogP contribution in [0.3, 0.4) is 0 Å². The molecule has 0 aliphatic heterocycles. The van der Waals surface area contributed by atoms with Crippen LogP contribution >= 0.6 is 0 Å². The van der Waals surface area contributed by atoms with Gasteiger partial charge in [-0.1, -0.05) is 57.0 Å². The fraction of sp³-hybridized carbons (Fsp3) is 0.562. The molecule has 2 rings (SSSR count). The molecule has 1 aliphatic rings. The maximum absolute atomic E-state index is 12.3. The molecule has 1 aliphatic carbocycles. The average molecular weight is 260 g/mol. The maximum atomic E-state index is 12.3. The van der Waals surface area contributed by atoms with Crippen LogP contribution in [0, 0.1) is 5.92 Å². The lowest BCUT2D eigenvalue weighted by molar-refractivity contribution is -0.125. The van der Waals surface area contributed by atoms with E-state index in [4.69, 9.17) is 5.73 Å². The molecule has 0 radical (unpaired) electrons. The Morgan fingerprint density at radius 1 is 1.21 bits per heavy atom. The zero-order chi connectivity index (χ0) is 13.9. The zero-order valence-corrected chi connectivity index (χ0v) is 11.9. The monoisotopic (exact) mass is 260 g/mol. The first-order valence-corrected chi connectivity index (χ1v) is 7.18. The van der Waals surface area contributed by atoms with Crippen molar-refractivity contribution in [3.63, 3.8) is 0 Å². The topological polar surface area (TPSA) is 55.1 Å². The Kier molecular flexibility index (Phi) is 4.25. The Bertz CT molecular complexity index is 422. The quantitative estimate of drug-likeness (QED) is 0.874. The molecule has 19 heavy (non-hydrogen) atoms. The van der Waals surface area contributed by atoms with Crippen molar-refractivity contribution < 1.29 is 4.79 Å². The zero-order valence-electron chi connectivity index (χ0n) is 11.9. The number of benzene rings is 1. The molecular formula is C16H24N2O. The van der Waals surface area contributed by atoms with Crippen molar-refractivity contribution in [1.82, 2.24) is 5.32 Å². The van der Waals surface area contributed by atoms with Gasteiger partial charge in [0, 0.05) is 0 Å². The van der Waals surface area contributed by atoms with Crippen LogP contribution in [-0.4, -0.2) is 11.9 Å². The second-order valence-corrected chi connectivity index (χ2v) is 5.91. The lowest BCUT2D eigenvalue weighted by Crippen LogP contribution is -2.52. The van der Waals surface area contributed by atoms with Crippen molar-refractivity contribution in [1.29, 1.82) is 0 Å². The molecule has 3 N–H and O–H groups in total. The Balaban J connectivity index is 2.20. The highest BCUT2D eigenvalue weighted by molar-refractivity contribution is 5.82. The minimum Gasteiger partial charge on any atom is -0.345 e. The molecular weight excluding hydrogens is 236 g/mol. The van der Waals surface area contributed by atoms with Gasteiger partial charge in [0.2, 0.25) is 5.91 Å². The fourth-order valence-electron chi connectivity index (χ4n) is 2.84. The molecule has 0 spiro atoms.